The van der Waals surface area contributed by atoms with Crippen molar-refractivity contribution in [3.63, 3.8) is 0 Å². The third-order valence-electron chi connectivity index (χ3n) is 6.62. The van der Waals surface area contributed by atoms with Gasteiger partial charge in [0.1, 0.15) is 5.75 Å². The van der Waals surface area contributed by atoms with Crippen molar-refractivity contribution in [3.8, 4) is 5.75 Å². The van der Waals surface area contributed by atoms with E-state index in [-0.39, 0.29) is 23.0 Å². The topological polar surface area (TPSA) is 29.5 Å². The lowest BCUT2D eigenvalue weighted by Gasteiger charge is -2.34. The van der Waals surface area contributed by atoms with Crippen LogP contribution >= 0.6 is 0 Å². The van der Waals surface area contributed by atoms with Crippen LogP contribution in [0.4, 0.5) is 0 Å². The van der Waals surface area contributed by atoms with Crippen molar-refractivity contribution in [1.29, 1.82) is 0 Å². The normalized spacial score (nSPS) is 18.3. The van der Waals surface area contributed by atoms with Crippen LogP contribution in [0.2, 0.25) is 5.04 Å². The fourth-order valence-corrected chi connectivity index (χ4v) is 5.91. The first kappa shape index (κ1) is 22.6. The number of hydrogen-bond donors (Lipinski definition) is 1. The van der Waals surface area contributed by atoms with Crippen molar-refractivity contribution in [2.24, 2.45) is 0 Å². The molecule has 2 radical (unpaired) electrons. The van der Waals surface area contributed by atoms with Crippen LogP contribution in [0.25, 0.3) is 0 Å². The van der Waals surface area contributed by atoms with Crippen molar-refractivity contribution in [1.82, 2.24) is 0 Å². The summed E-state index contributed by atoms with van der Waals surface area (Å²) >= 11 is 0. The van der Waals surface area contributed by atoms with Gasteiger partial charge < -0.3 is 9.53 Å². The van der Waals surface area contributed by atoms with Crippen LogP contribution in [0.15, 0.2) is 91.0 Å². The zero-order chi connectivity index (χ0) is 22.6. The van der Waals surface area contributed by atoms with E-state index in [0.717, 1.165) is 18.6 Å². The Labute approximate surface area is 194 Å². The summed E-state index contributed by atoms with van der Waals surface area (Å²) in [6, 6.07) is 28.0. The van der Waals surface area contributed by atoms with E-state index in [1.807, 2.05) is 6.08 Å². The van der Waals surface area contributed by atoms with Crippen LogP contribution in [0.1, 0.15) is 55.4 Å². The highest BCUT2D eigenvalue weighted by atomic mass is 28.2. The summed E-state index contributed by atoms with van der Waals surface area (Å²) in [6.45, 7) is 6.94. The van der Waals surface area contributed by atoms with E-state index in [1.165, 1.54) is 22.3 Å². The summed E-state index contributed by atoms with van der Waals surface area (Å²) in [5.41, 5.74) is 5.31. The van der Waals surface area contributed by atoms with Crippen molar-refractivity contribution in [3.05, 3.63) is 113 Å². The lowest BCUT2D eigenvalue weighted by molar-refractivity contribution is 0.341. The Kier molecular flexibility index (Phi) is 6.68. The summed E-state index contributed by atoms with van der Waals surface area (Å²) in [5.74, 6) is 1.18. The van der Waals surface area contributed by atoms with Gasteiger partial charge in [0, 0.05) is 16.4 Å². The summed E-state index contributed by atoms with van der Waals surface area (Å²) in [4.78, 5) is 0. The highest BCUT2D eigenvalue weighted by molar-refractivity contribution is 6.33. The van der Waals surface area contributed by atoms with Gasteiger partial charge in [-0.15, -0.1) is 0 Å². The molecule has 0 aliphatic heterocycles. The molecule has 0 bridgehead atoms. The average Bonchev–Trinajstić information content (AvgIpc) is 3.14. The highest BCUT2D eigenvalue weighted by Crippen LogP contribution is 2.46. The van der Waals surface area contributed by atoms with Gasteiger partial charge in [0.25, 0.3) is 0 Å². The van der Waals surface area contributed by atoms with Gasteiger partial charge in [-0.2, -0.15) is 0 Å². The molecule has 0 spiro atoms. The summed E-state index contributed by atoms with van der Waals surface area (Å²) < 4.78 is 6.47. The molecule has 0 aromatic heterocycles. The second kappa shape index (κ2) is 9.48. The Hall–Kier alpha value is -2.62. The molecule has 4 rings (SSSR count). The molecular weight excluding hydrogens is 408 g/mol. The molecule has 3 heteroatoms. The molecule has 1 N–H and O–H groups in total. The van der Waals surface area contributed by atoms with Gasteiger partial charge in [-0.05, 0) is 47.2 Å². The maximum absolute atomic E-state index is 9.25. The first-order valence-corrected chi connectivity index (χ1v) is 12.3. The number of rotatable bonds is 8. The average molecular weight is 441 g/mol. The quantitative estimate of drug-likeness (QED) is 0.321. The van der Waals surface area contributed by atoms with E-state index >= 15 is 0 Å². The molecule has 0 heterocycles. The van der Waals surface area contributed by atoms with Crippen LogP contribution in [-0.4, -0.2) is 21.5 Å². The molecule has 3 aromatic carbocycles. The van der Waals surface area contributed by atoms with E-state index in [1.54, 1.807) is 0 Å². The number of aliphatic hydroxyl groups excluding tert-OH is 1. The molecule has 0 amide bonds. The van der Waals surface area contributed by atoms with Gasteiger partial charge >= 0.3 is 9.76 Å². The molecule has 32 heavy (non-hydrogen) atoms. The molecule has 0 saturated heterocycles. The predicted octanol–water partition coefficient (Wildman–Crippen LogP) is 6.47. The fourth-order valence-electron chi connectivity index (χ4n) is 4.95. The van der Waals surface area contributed by atoms with Crippen molar-refractivity contribution < 1.29 is 9.53 Å². The number of aliphatic hydroxyl groups is 1. The van der Waals surface area contributed by atoms with E-state index in [4.69, 9.17) is 4.43 Å². The largest absolute Gasteiger partial charge is 0.540 e. The SMILES string of the molecule is CC1(/C=C/CO)CCc2ccc(O[Si]C(C)(C)C(c3ccccc3)c3ccccc3)cc21. The lowest BCUT2D eigenvalue weighted by Crippen LogP contribution is -2.27. The van der Waals surface area contributed by atoms with E-state index < -0.39 is 0 Å². The summed E-state index contributed by atoms with van der Waals surface area (Å²) in [5, 5.41) is 9.17. The second-order valence-corrected chi connectivity index (χ2v) is 11.2. The molecule has 2 nitrogen and oxygen atoms in total. The molecule has 0 saturated carbocycles. The minimum atomic E-state index is -0.0815. The van der Waals surface area contributed by atoms with Crippen LogP contribution in [0.5, 0.6) is 5.75 Å². The third-order valence-corrected chi connectivity index (χ3v) is 7.77. The van der Waals surface area contributed by atoms with E-state index in [9.17, 15) is 5.11 Å². The third kappa shape index (κ3) is 4.74. The first-order chi connectivity index (χ1) is 15.4. The number of fused-ring (bicyclic) bond motifs is 1. The first-order valence-electron chi connectivity index (χ1n) is 11.4. The second-order valence-electron chi connectivity index (χ2n) is 9.50. The van der Waals surface area contributed by atoms with Crippen LogP contribution in [0, 0.1) is 0 Å². The maximum atomic E-state index is 9.25. The van der Waals surface area contributed by atoms with Gasteiger partial charge in [-0.3, -0.25) is 0 Å². The van der Waals surface area contributed by atoms with Crippen LogP contribution in [0.3, 0.4) is 0 Å². The van der Waals surface area contributed by atoms with Crippen LogP contribution in [-0.2, 0) is 11.8 Å². The predicted molar refractivity (Wildman–Crippen MR) is 133 cm³/mol. The smallest absolute Gasteiger partial charge is 0.318 e. The standard InChI is InChI=1S/C29H32O2Si/c1-28(2,27(23-11-6-4-7-12-23)24-13-8-5-9-14-24)32-31-25-16-15-22-17-19-29(3,18-10-20-30)26(22)21-25/h4-16,18,21,27,30H,17,19-20H2,1-3H3/b18-10+. The van der Waals surface area contributed by atoms with Gasteiger partial charge in [0.2, 0.25) is 0 Å². The molecule has 3 aromatic rings. The zero-order valence-electron chi connectivity index (χ0n) is 19.2. The van der Waals surface area contributed by atoms with Crippen molar-refractivity contribution in [2.75, 3.05) is 6.61 Å². The molecular formula is C29H32O2Si. The maximum Gasteiger partial charge on any atom is 0.318 e. The molecule has 1 aliphatic carbocycles. The lowest BCUT2D eigenvalue weighted by atomic mass is 9.82. The Bertz CT molecular complexity index is 1020. The molecule has 1 unspecified atom stereocenters. The Morgan fingerprint density at radius 1 is 1.00 bits per heavy atom. The fraction of sp³-hybridized carbons (Fsp3) is 0.310. The number of aryl methyl sites for hydroxylation is 1. The molecule has 1 atom stereocenters. The zero-order valence-corrected chi connectivity index (χ0v) is 20.2. The minimum Gasteiger partial charge on any atom is -0.540 e. The number of hydrogen-bond acceptors (Lipinski definition) is 2. The summed E-state index contributed by atoms with van der Waals surface area (Å²) in [6.07, 6.45) is 6.15. The Morgan fingerprint density at radius 3 is 2.22 bits per heavy atom. The van der Waals surface area contributed by atoms with Crippen molar-refractivity contribution in [2.45, 2.75) is 50.0 Å². The molecule has 0 fully saturated rings. The van der Waals surface area contributed by atoms with E-state index in [2.05, 4.69) is 106 Å². The van der Waals surface area contributed by atoms with Crippen LogP contribution < -0.4 is 4.43 Å². The highest BCUT2D eigenvalue weighted by Gasteiger charge is 2.36. The Balaban J connectivity index is 1.58. The number of benzene rings is 3. The van der Waals surface area contributed by atoms with Gasteiger partial charge in [0.05, 0.1) is 6.61 Å². The molecule has 164 valence electrons. The van der Waals surface area contributed by atoms with Crippen molar-refractivity contribution >= 4 is 9.76 Å². The number of allylic oxidation sites excluding steroid dienone is 1. The van der Waals surface area contributed by atoms with Gasteiger partial charge in [-0.1, -0.05) is 99.7 Å². The van der Waals surface area contributed by atoms with E-state index in [0.29, 0.717) is 9.76 Å². The monoisotopic (exact) mass is 440 g/mol. The molecule has 1 aliphatic rings. The Morgan fingerprint density at radius 2 is 1.62 bits per heavy atom. The summed E-state index contributed by atoms with van der Waals surface area (Å²) in [7, 11) is 0.308. The minimum absolute atomic E-state index is 0.0350. The van der Waals surface area contributed by atoms with Gasteiger partial charge in [0.15, 0.2) is 0 Å². The van der Waals surface area contributed by atoms with Gasteiger partial charge in [-0.25, -0.2) is 0 Å².